The number of carbonyl (C=O) groups is 1. The van der Waals surface area contributed by atoms with Crippen molar-refractivity contribution >= 4 is 5.91 Å². The fourth-order valence-corrected chi connectivity index (χ4v) is 2.22. The number of piperidine rings is 1. The van der Waals surface area contributed by atoms with E-state index in [1.807, 2.05) is 0 Å². The summed E-state index contributed by atoms with van der Waals surface area (Å²) in [4.78, 5) is 11.7. The number of rotatable bonds is 6. The van der Waals surface area contributed by atoms with Gasteiger partial charge in [-0.3, -0.25) is 4.79 Å². The Bertz CT molecular complexity index is 196. The van der Waals surface area contributed by atoms with Crippen molar-refractivity contribution in [3.05, 3.63) is 0 Å². The van der Waals surface area contributed by atoms with E-state index in [1.54, 1.807) is 0 Å². The molecule has 1 saturated heterocycles. The van der Waals surface area contributed by atoms with E-state index in [0.29, 0.717) is 18.4 Å². The van der Waals surface area contributed by atoms with E-state index in [9.17, 15) is 4.79 Å². The van der Waals surface area contributed by atoms with E-state index in [1.165, 1.54) is 12.8 Å². The number of hydrogen-bond acceptors (Lipinski definition) is 1. The van der Waals surface area contributed by atoms with Gasteiger partial charge in [0, 0.05) is 25.6 Å². The Morgan fingerprint density at radius 2 is 2.19 bits per heavy atom. The van der Waals surface area contributed by atoms with Crippen molar-refractivity contribution in [1.29, 1.82) is 0 Å². The molecular formula is C13H25N2O. The summed E-state index contributed by atoms with van der Waals surface area (Å²) in [5.74, 6) is 0.875. The van der Waals surface area contributed by atoms with Crippen LogP contribution < -0.4 is 10.6 Å². The summed E-state index contributed by atoms with van der Waals surface area (Å²) < 4.78 is 0. The monoisotopic (exact) mass is 225 g/mol. The smallest absolute Gasteiger partial charge is 0.220 e. The molecule has 1 aliphatic heterocycles. The molecule has 1 aliphatic rings. The number of hydrogen-bond donors (Lipinski definition) is 1. The Morgan fingerprint density at radius 1 is 1.44 bits per heavy atom. The molecule has 16 heavy (non-hydrogen) atoms. The molecule has 1 heterocycles. The summed E-state index contributed by atoms with van der Waals surface area (Å²) in [7, 11) is 0. The second kappa shape index (κ2) is 7.66. The summed E-state index contributed by atoms with van der Waals surface area (Å²) in [6.45, 7) is 6.23. The van der Waals surface area contributed by atoms with Gasteiger partial charge in [-0.15, -0.1) is 0 Å². The Morgan fingerprint density at radius 3 is 2.75 bits per heavy atom. The van der Waals surface area contributed by atoms with Gasteiger partial charge in [0.05, 0.1) is 0 Å². The lowest BCUT2D eigenvalue weighted by Gasteiger charge is -2.21. The molecule has 0 bridgehead atoms. The van der Waals surface area contributed by atoms with Gasteiger partial charge in [-0.2, -0.15) is 0 Å². The molecule has 3 nitrogen and oxygen atoms in total. The van der Waals surface area contributed by atoms with Crippen molar-refractivity contribution in [2.24, 2.45) is 5.92 Å². The standard InChI is InChI=1S/C13H25N2O/c1-3-12(4-2)15-13(16)8-7-11-6-5-9-14-10-11/h11-12H,3-10H2,1-2H3,(H,15,16). The SMILES string of the molecule is CCC(CC)NC(=O)CCC1CCC[N]C1. The highest BCUT2D eigenvalue weighted by atomic mass is 16.1. The average molecular weight is 225 g/mol. The Hall–Kier alpha value is -0.570. The maximum Gasteiger partial charge on any atom is 0.220 e. The van der Waals surface area contributed by atoms with Crippen molar-refractivity contribution in [2.75, 3.05) is 13.1 Å². The molecule has 0 aromatic rings. The molecule has 1 fully saturated rings. The molecule has 0 aromatic heterocycles. The van der Waals surface area contributed by atoms with E-state index < -0.39 is 0 Å². The normalized spacial score (nSPS) is 21.1. The van der Waals surface area contributed by atoms with Crippen LogP contribution >= 0.6 is 0 Å². The van der Waals surface area contributed by atoms with E-state index in [-0.39, 0.29) is 5.91 Å². The van der Waals surface area contributed by atoms with Crippen LogP contribution in [0.25, 0.3) is 0 Å². The van der Waals surface area contributed by atoms with E-state index in [0.717, 1.165) is 32.4 Å². The van der Waals surface area contributed by atoms with Crippen molar-refractivity contribution in [2.45, 2.75) is 58.4 Å². The highest BCUT2D eigenvalue weighted by Gasteiger charge is 2.16. The third-order valence-corrected chi connectivity index (χ3v) is 3.45. The predicted molar refractivity (Wildman–Crippen MR) is 66.3 cm³/mol. The summed E-state index contributed by atoms with van der Waals surface area (Å²) in [5, 5.41) is 7.48. The van der Waals surface area contributed by atoms with Gasteiger partial charge in [-0.25, -0.2) is 5.32 Å². The average Bonchev–Trinajstić information content (AvgIpc) is 2.34. The van der Waals surface area contributed by atoms with Crippen LogP contribution in [0.5, 0.6) is 0 Å². The van der Waals surface area contributed by atoms with Gasteiger partial charge in [0.2, 0.25) is 5.91 Å². The van der Waals surface area contributed by atoms with Gasteiger partial charge in [-0.1, -0.05) is 13.8 Å². The van der Waals surface area contributed by atoms with Crippen LogP contribution in [0.3, 0.4) is 0 Å². The van der Waals surface area contributed by atoms with Gasteiger partial charge >= 0.3 is 0 Å². The molecule has 1 amide bonds. The quantitative estimate of drug-likeness (QED) is 0.739. The first kappa shape index (κ1) is 13.5. The first-order chi connectivity index (χ1) is 7.76. The first-order valence-electron chi connectivity index (χ1n) is 6.68. The van der Waals surface area contributed by atoms with Crippen LogP contribution in [0.2, 0.25) is 0 Å². The molecule has 1 atom stereocenters. The number of amides is 1. The topological polar surface area (TPSA) is 43.2 Å². The van der Waals surface area contributed by atoms with Gasteiger partial charge in [0.1, 0.15) is 0 Å². The lowest BCUT2D eigenvalue weighted by Crippen LogP contribution is -2.34. The molecule has 0 aromatic carbocycles. The zero-order valence-corrected chi connectivity index (χ0v) is 10.7. The second-order valence-corrected chi connectivity index (χ2v) is 4.76. The maximum atomic E-state index is 11.7. The molecule has 1 N–H and O–H groups in total. The van der Waals surface area contributed by atoms with Crippen LogP contribution in [-0.2, 0) is 4.79 Å². The van der Waals surface area contributed by atoms with E-state index in [2.05, 4.69) is 24.5 Å². The summed E-state index contributed by atoms with van der Waals surface area (Å²) in [5.41, 5.74) is 0. The van der Waals surface area contributed by atoms with E-state index in [4.69, 9.17) is 0 Å². The number of nitrogens with zero attached hydrogens (tertiary/aromatic N) is 1. The number of carbonyl (C=O) groups excluding carboxylic acids is 1. The second-order valence-electron chi connectivity index (χ2n) is 4.76. The van der Waals surface area contributed by atoms with Crippen molar-refractivity contribution < 1.29 is 4.79 Å². The minimum atomic E-state index is 0.222. The van der Waals surface area contributed by atoms with Gasteiger partial charge in [0.15, 0.2) is 0 Å². The molecule has 1 unspecified atom stereocenters. The van der Waals surface area contributed by atoms with Crippen LogP contribution in [-0.4, -0.2) is 25.0 Å². The fourth-order valence-electron chi connectivity index (χ4n) is 2.22. The van der Waals surface area contributed by atoms with Crippen molar-refractivity contribution in [3.63, 3.8) is 0 Å². The highest BCUT2D eigenvalue weighted by molar-refractivity contribution is 5.76. The highest BCUT2D eigenvalue weighted by Crippen LogP contribution is 2.16. The fraction of sp³-hybridized carbons (Fsp3) is 0.923. The zero-order chi connectivity index (χ0) is 11.8. The minimum Gasteiger partial charge on any atom is -0.353 e. The third kappa shape index (κ3) is 4.97. The number of nitrogens with one attached hydrogen (secondary N) is 1. The molecule has 1 rings (SSSR count). The summed E-state index contributed by atoms with van der Waals surface area (Å²) in [6, 6.07) is 0.364. The van der Waals surface area contributed by atoms with Gasteiger partial charge in [-0.05, 0) is 38.0 Å². The van der Waals surface area contributed by atoms with Crippen LogP contribution in [0.1, 0.15) is 52.4 Å². The Kier molecular flexibility index (Phi) is 6.46. The van der Waals surface area contributed by atoms with Gasteiger partial charge < -0.3 is 5.32 Å². The van der Waals surface area contributed by atoms with E-state index >= 15 is 0 Å². The van der Waals surface area contributed by atoms with Crippen LogP contribution in [0.15, 0.2) is 0 Å². The largest absolute Gasteiger partial charge is 0.353 e. The zero-order valence-electron chi connectivity index (χ0n) is 10.7. The lowest BCUT2D eigenvalue weighted by atomic mass is 9.94. The molecule has 3 heteroatoms. The molecule has 0 aliphatic carbocycles. The van der Waals surface area contributed by atoms with Crippen LogP contribution in [0.4, 0.5) is 0 Å². The summed E-state index contributed by atoms with van der Waals surface area (Å²) >= 11 is 0. The van der Waals surface area contributed by atoms with Crippen molar-refractivity contribution in [3.8, 4) is 0 Å². The van der Waals surface area contributed by atoms with Crippen molar-refractivity contribution in [1.82, 2.24) is 10.6 Å². The third-order valence-electron chi connectivity index (χ3n) is 3.45. The minimum absolute atomic E-state index is 0.222. The lowest BCUT2D eigenvalue weighted by molar-refractivity contribution is -0.122. The molecule has 93 valence electrons. The van der Waals surface area contributed by atoms with Gasteiger partial charge in [0.25, 0.3) is 0 Å². The maximum absolute atomic E-state index is 11.7. The summed E-state index contributed by atoms with van der Waals surface area (Å²) in [6.07, 6.45) is 6.20. The molecule has 1 radical (unpaired) electrons. The predicted octanol–water partition coefficient (Wildman–Crippen LogP) is 2.09. The Labute approximate surface area is 99.4 Å². The molecular weight excluding hydrogens is 200 g/mol. The van der Waals surface area contributed by atoms with Crippen LogP contribution in [0, 0.1) is 5.92 Å². The molecule has 0 saturated carbocycles. The first-order valence-corrected chi connectivity index (χ1v) is 6.68. The molecule has 0 spiro atoms. The Balaban J connectivity index is 2.13.